The van der Waals surface area contributed by atoms with Crippen molar-refractivity contribution in [3.63, 3.8) is 0 Å². The summed E-state index contributed by atoms with van der Waals surface area (Å²) < 4.78 is 38.1. The van der Waals surface area contributed by atoms with Gasteiger partial charge in [0.1, 0.15) is 6.10 Å². The number of aliphatic hydroxyl groups is 2. The van der Waals surface area contributed by atoms with E-state index in [9.17, 15) is 28.2 Å². The Morgan fingerprint density at radius 1 is 1.32 bits per heavy atom. The van der Waals surface area contributed by atoms with Gasteiger partial charge in [0.15, 0.2) is 0 Å². The number of alkyl halides is 3. The second-order valence-corrected chi connectivity index (χ2v) is 4.28. The highest BCUT2D eigenvalue weighted by Crippen LogP contribution is 2.37. The number of hydrogen-bond acceptors (Lipinski definition) is 3. The lowest BCUT2D eigenvalue weighted by Gasteiger charge is -2.21. The predicted octanol–water partition coefficient (Wildman–Crippen LogP) is 2.23. The Balaban J connectivity index is 3.17. The number of hydrogen-bond donors (Lipinski definition) is 3. The Kier molecular flexibility index (Phi) is 4.78. The molecule has 0 aliphatic carbocycles. The molecule has 0 aromatic heterocycles. The zero-order valence-corrected chi connectivity index (χ0v) is 10.1. The van der Waals surface area contributed by atoms with Crippen LogP contribution in [0.25, 0.3) is 0 Å². The maximum absolute atomic E-state index is 12.7. The second kappa shape index (κ2) is 5.77. The molecule has 1 rings (SSSR count). The molecular weight excluding hydrogens is 289 g/mol. The van der Waals surface area contributed by atoms with Crippen molar-refractivity contribution in [2.24, 2.45) is 0 Å². The lowest BCUT2D eigenvalue weighted by molar-refractivity contribution is -0.142. The minimum atomic E-state index is -4.75. The lowest BCUT2D eigenvalue weighted by atomic mass is 9.97. The number of carbonyl (C=O) groups is 1. The molecular formula is C11H10ClF3O4. The summed E-state index contributed by atoms with van der Waals surface area (Å²) >= 11 is 5.54. The maximum atomic E-state index is 12.7. The summed E-state index contributed by atoms with van der Waals surface area (Å²) in [7, 11) is 0. The van der Waals surface area contributed by atoms with E-state index < -0.39 is 41.9 Å². The van der Waals surface area contributed by atoms with E-state index in [1.165, 1.54) is 0 Å². The van der Waals surface area contributed by atoms with Gasteiger partial charge in [-0.1, -0.05) is 11.6 Å². The van der Waals surface area contributed by atoms with Gasteiger partial charge in [-0.25, -0.2) is 0 Å². The first kappa shape index (κ1) is 15.7. The van der Waals surface area contributed by atoms with E-state index in [4.69, 9.17) is 16.7 Å². The number of halogens is 4. The van der Waals surface area contributed by atoms with Crippen LogP contribution < -0.4 is 0 Å². The van der Waals surface area contributed by atoms with E-state index >= 15 is 0 Å². The molecule has 0 bridgehead atoms. The SMILES string of the molecule is O=C(O)CC(O)C(O)c1cc(Cl)ccc1C(F)(F)F. The Hall–Kier alpha value is -1.31. The fourth-order valence-corrected chi connectivity index (χ4v) is 1.71. The van der Waals surface area contributed by atoms with E-state index in [0.29, 0.717) is 6.07 Å². The molecule has 0 saturated carbocycles. The van der Waals surface area contributed by atoms with Crippen molar-refractivity contribution < 1.29 is 33.3 Å². The van der Waals surface area contributed by atoms with Gasteiger partial charge in [0.2, 0.25) is 0 Å². The molecule has 1 aromatic carbocycles. The van der Waals surface area contributed by atoms with Gasteiger partial charge in [0, 0.05) is 5.02 Å². The molecule has 0 fully saturated rings. The van der Waals surface area contributed by atoms with Crippen molar-refractivity contribution in [3.8, 4) is 0 Å². The van der Waals surface area contributed by atoms with E-state index in [1.54, 1.807) is 0 Å². The molecule has 4 nitrogen and oxygen atoms in total. The molecule has 1 aromatic rings. The number of benzene rings is 1. The minimum absolute atomic E-state index is 0.0652. The number of rotatable bonds is 4. The largest absolute Gasteiger partial charge is 0.481 e. The highest BCUT2D eigenvalue weighted by atomic mass is 35.5. The Bertz CT molecular complexity index is 475. The molecule has 2 unspecified atom stereocenters. The van der Waals surface area contributed by atoms with Crippen LogP contribution in [0.4, 0.5) is 13.2 Å². The topological polar surface area (TPSA) is 77.8 Å². The third kappa shape index (κ3) is 4.09. The number of aliphatic carboxylic acids is 1. The molecule has 0 heterocycles. The van der Waals surface area contributed by atoms with Gasteiger partial charge < -0.3 is 15.3 Å². The van der Waals surface area contributed by atoms with E-state index in [2.05, 4.69) is 0 Å². The smallest absolute Gasteiger partial charge is 0.416 e. The van der Waals surface area contributed by atoms with Gasteiger partial charge in [-0.05, 0) is 23.8 Å². The van der Waals surface area contributed by atoms with Crippen LogP contribution in [0.15, 0.2) is 18.2 Å². The van der Waals surface area contributed by atoms with Crippen molar-refractivity contribution in [1.29, 1.82) is 0 Å². The summed E-state index contributed by atoms with van der Waals surface area (Å²) in [6.07, 6.45) is -9.49. The van der Waals surface area contributed by atoms with Crippen molar-refractivity contribution in [1.82, 2.24) is 0 Å². The van der Waals surface area contributed by atoms with Crippen LogP contribution in [-0.4, -0.2) is 27.4 Å². The molecule has 0 aliphatic heterocycles. The normalized spacial score (nSPS) is 15.1. The van der Waals surface area contributed by atoms with Gasteiger partial charge in [0.05, 0.1) is 18.1 Å². The molecule has 0 saturated heterocycles. The van der Waals surface area contributed by atoms with Gasteiger partial charge in [-0.15, -0.1) is 0 Å². The molecule has 0 spiro atoms. The first-order valence-electron chi connectivity index (χ1n) is 5.07. The van der Waals surface area contributed by atoms with Crippen LogP contribution in [0.1, 0.15) is 23.7 Å². The Morgan fingerprint density at radius 2 is 1.89 bits per heavy atom. The third-order valence-electron chi connectivity index (χ3n) is 2.39. The Labute approximate surface area is 111 Å². The summed E-state index contributed by atoms with van der Waals surface area (Å²) in [6.45, 7) is 0. The van der Waals surface area contributed by atoms with Crippen LogP contribution in [0.5, 0.6) is 0 Å². The van der Waals surface area contributed by atoms with Crippen LogP contribution in [0.3, 0.4) is 0 Å². The first-order chi connectivity index (χ1) is 8.62. The van der Waals surface area contributed by atoms with Crippen LogP contribution >= 0.6 is 11.6 Å². The number of carboxylic acid groups (broad SMARTS) is 1. The second-order valence-electron chi connectivity index (χ2n) is 3.84. The summed E-state index contributed by atoms with van der Waals surface area (Å²) in [5.41, 5.74) is -1.83. The monoisotopic (exact) mass is 298 g/mol. The Morgan fingerprint density at radius 3 is 2.37 bits per heavy atom. The van der Waals surface area contributed by atoms with Gasteiger partial charge in [-0.2, -0.15) is 13.2 Å². The van der Waals surface area contributed by atoms with E-state index in [0.717, 1.165) is 12.1 Å². The summed E-state index contributed by atoms with van der Waals surface area (Å²) in [6, 6.07) is 2.50. The first-order valence-corrected chi connectivity index (χ1v) is 5.45. The van der Waals surface area contributed by atoms with Gasteiger partial charge in [-0.3, -0.25) is 4.79 Å². The maximum Gasteiger partial charge on any atom is 0.416 e. The number of carboxylic acids is 1. The highest BCUT2D eigenvalue weighted by Gasteiger charge is 2.36. The fourth-order valence-electron chi connectivity index (χ4n) is 1.53. The van der Waals surface area contributed by atoms with E-state index in [1.807, 2.05) is 0 Å². The van der Waals surface area contributed by atoms with Crippen molar-refractivity contribution in [2.45, 2.75) is 24.8 Å². The lowest BCUT2D eigenvalue weighted by Crippen LogP contribution is -2.24. The van der Waals surface area contributed by atoms with Crippen molar-refractivity contribution in [2.75, 3.05) is 0 Å². The van der Waals surface area contributed by atoms with Gasteiger partial charge in [0.25, 0.3) is 0 Å². The van der Waals surface area contributed by atoms with Crippen LogP contribution in [0, 0.1) is 0 Å². The van der Waals surface area contributed by atoms with Crippen molar-refractivity contribution in [3.05, 3.63) is 34.3 Å². The molecule has 0 radical (unpaired) electrons. The van der Waals surface area contributed by atoms with Crippen molar-refractivity contribution >= 4 is 17.6 Å². The molecule has 0 aliphatic rings. The molecule has 3 N–H and O–H groups in total. The standard InChI is InChI=1S/C11H10ClF3O4/c12-5-1-2-7(11(13,14)15)6(3-5)10(19)8(16)4-9(17)18/h1-3,8,10,16,19H,4H2,(H,17,18). The summed E-state index contributed by atoms with van der Waals surface area (Å²) in [5.74, 6) is -1.44. The third-order valence-corrected chi connectivity index (χ3v) is 2.62. The molecule has 0 amide bonds. The number of aliphatic hydroxyl groups excluding tert-OH is 2. The quantitative estimate of drug-likeness (QED) is 0.796. The average Bonchev–Trinajstić information content (AvgIpc) is 2.25. The summed E-state index contributed by atoms with van der Waals surface area (Å²) in [4.78, 5) is 10.4. The van der Waals surface area contributed by atoms with Crippen LogP contribution in [-0.2, 0) is 11.0 Å². The minimum Gasteiger partial charge on any atom is -0.481 e. The zero-order chi connectivity index (χ0) is 14.8. The molecule has 106 valence electrons. The molecule has 19 heavy (non-hydrogen) atoms. The van der Waals surface area contributed by atoms with E-state index in [-0.39, 0.29) is 5.02 Å². The molecule has 2 atom stereocenters. The average molecular weight is 299 g/mol. The van der Waals surface area contributed by atoms with Gasteiger partial charge >= 0.3 is 12.1 Å². The van der Waals surface area contributed by atoms with Crippen LogP contribution in [0.2, 0.25) is 5.02 Å². The summed E-state index contributed by atoms with van der Waals surface area (Å²) in [5, 5.41) is 27.4. The highest BCUT2D eigenvalue weighted by molar-refractivity contribution is 6.30. The molecule has 8 heteroatoms. The predicted molar refractivity (Wildman–Crippen MR) is 59.7 cm³/mol. The zero-order valence-electron chi connectivity index (χ0n) is 9.36. The fraction of sp³-hybridized carbons (Fsp3) is 0.364.